The molecule has 2 heteroatoms. The number of hydrogen-bond acceptors (Lipinski definition) is 2. The molecule has 0 unspecified atom stereocenters. The van der Waals surface area contributed by atoms with Crippen LogP contribution in [0.25, 0.3) is 39.3 Å². The summed E-state index contributed by atoms with van der Waals surface area (Å²) in [6.07, 6.45) is 6.42. The summed E-state index contributed by atoms with van der Waals surface area (Å²) in [5.41, 5.74) is 12.3. The van der Waals surface area contributed by atoms with Crippen LogP contribution in [0.4, 0.5) is 0 Å². The van der Waals surface area contributed by atoms with Gasteiger partial charge in [0.05, 0.1) is 22.1 Å². The Morgan fingerprint density at radius 1 is 0.567 bits per heavy atom. The summed E-state index contributed by atoms with van der Waals surface area (Å²) in [6.45, 7) is 0. The minimum absolute atomic E-state index is 0.964. The molecule has 0 aliphatic heterocycles. The van der Waals surface area contributed by atoms with Gasteiger partial charge in [0.15, 0.2) is 0 Å². The van der Waals surface area contributed by atoms with Gasteiger partial charge in [0.1, 0.15) is 0 Å². The van der Waals surface area contributed by atoms with Crippen LogP contribution >= 0.6 is 0 Å². The van der Waals surface area contributed by atoms with E-state index in [1.165, 1.54) is 33.4 Å². The second-order valence-corrected chi connectivity index (χ2v) is 7.81. The van der Waals surface area contributed by atoms with E-state index >= 15 is 0 Å². The average molecular weight is 384 g/mol. The van der Waals surface area contributed by atoms with Gasteiger partial charge in [-0.05, 0) is 64.4 Å². The first-order valence-corrected chi connectivity index (χ1v) is 10.4. The zero-order valence-electron chi connectivity index (χ0n) is 16.5. The number of fused-ring (bicyclic) bond motifs is 7. The van der Waals surface area contributed by atoms with E-state index in [-0.39, 0.29) is 0 Å². The van der Waals surface area contributed by atoms with Crippen LogP contribution in [0.15, 0.2) is 91.0 Å². The number of aromatic nitrogens is 2. The van der Waals surface area contributed by atoms with Gasteiger partial charge in [-0.25, -0.2) is 9.97 Å². The van der Waals surface area contributed by atoms with E-state index in [1.807, 2.05) is 24.3 Å². The van der Waals surface area contributed by atoms with Crippen molar-refractivity contribution >= 4 is 28.1 Å². The van der Waals surface area contributed by atoms with Crippen LogP contribution in [-0.2, 0) is 12.8 Å². The van der Waals surface area contributed by atoms with E-state index in [2.05, 4.69) is 77.8 Å². The maximum atomic E-state index is 4.75. The van der Waals surface area contributed by atoms with Crippen molar-refractivity contribution in [3.63, 3.8) is 0 Å². The molecule has 0 bridgehead atoms. The minimum Gasteiger partial charge on any atom is -0.244 e. The van der Waals surface area contributed by atoms with Gasteiger partial charge in [0.2, 0.25) is 0 Å². The van der Waals surface area contributed by atoms with Crippen molar-refractivity contribution in [3.8, 4) is 11.1 Å². The highest BCUT2D eigenvalue weighted by molar-refractivity contribution is 5.90. The molecule has 0 saturated heterocycles. The molecule has 0 N–H and O–H groups in total. The normalized spacial score (nSPS) is 12.9. The Kier molecular flexibility index (Phi) is 3.95. The standard InChI is InChI=1S/C15H10N2.C13H10/c1-2-7-13-12(6-1)16-14-9-8-10-4-3-5-11(10)15(14)17-13;1-3-7-12-10(5-1)9-11-6-2-4-8-13(11)12/h1-4,6-9H,5H2;1-8H,9H2. The van der Waals surface area contributed by atoms with Gasteiger partial charge in [-0.2, -0.15) is 0 Å². The average Bonchev–Trinajstić information content (AvgIpc) is 3.43. The Hall–Kier alpha value is -3.78. The number of para-hydroxylation sites is 2. The van der Waals surface area contributed by atoms with Gasteiger partial charge in [-0.3, -0.25) is 0 Å². The number of benzene rings is 4. The Bertz CT molecular complexity index is 1400. The number of rotatable bonds is 0. The van der Waals surface area contributed by atoms with E-state index in [1.54, 1.807) is 0 Å². The second kappa shape index (κ2) is 6.93. The molecule has 0 spiro atoms. The first-order valence-electron chi connectivity index (χ1n) is 10.4. The molecule has 1 heterocycles. The Labute approximate surface area is 175 Å². The fourth-order valence-corrected chi connectivity index (χ4v) is 4.51. The first kappa shape index (κ1) is 17.1. The monoisotopic (exact) mass is 384 g/mol. The van der Waals surface area contributed by atoms with Crippen LogP contribution < -0.4 is 0 Å². The second-order valence-electron chi connectivity index (χ2n) is 7.81. The molecule has 2 nitrogen and oxygen atoms in total. The lowest BCUT2D eigenvalue weighted by Crippen LogP contribution is -1.92. The van der Waals surface area contributed by atoms with Crippen LogP contribution in [0.5, 0.6) is 0 Å². The highest BCUT2D eigenvalue weighted by Gasteiger charge is 2.16. The zero-order valence-corrected chi connectivity index (χ0v) is 16.5. The molecular weight excluding hydrogens is 364 g/mol. The summed E-state index contributed by atoms with van der Waals surface area (Å²) in [4.78, 5) is 9.41. The Balaban J connectivity index is 0.000000121. The van der Waals surface area contributed by atoms with Gasteiger partial charge < -0.3 is 0 Å². The molecule has 0 amide bonds. The topological polar surface area (TPSA) is 25.8 Å². The summed E-state index contributed by atoms with van der Waals surface area (Å²) >= 11 is 0. The maximum Gasteiger partial charge on any atom is 0.0935 e. The lowest BCUT2D eigenvalue weighted by Gasteiger charge is -2.05. The molecule has 30 heavy (non-hydrogen) atoms. The van der Waals surface area contributed by atoms with Gasteiger partial charge in [0, 0.05) is 0 Å². The van der Waals surface area contributed by atoms with Crippen LogP contribution in [0, 0.1) is 0 Å². The van der Waals surface area contributed by atoms with Crippen molar-refractivity contribution in [2.75, 3.05) is 0 Å². The lowest BCUT2D eigenvalue weighted by molar-refractivity contribution is 1.26. The summed E-state index contributed by atoms with van der Waals surface area (Å²) in [5, 5.41) is 0. The lowest BCUT2D eigenvalue weighted by atomic mass is 10.1. The molecular formula is C28H20N2. The molecule has 0 fully saturated rings. The third-order valence-corrected chi connectivity index (χ3v) is 5.98. The highest BCUT2D eigenvalue weighted by Crippen LogP contribution is 2.35. The van der Waals surface area contributed by atoms with Gasteiger partial charge >= 0.3 is 0 Å². The smallest absolute Gasteiger partial charge is 0.0935 e. The van der Waals surface area contributed by atoms with E-state index in [0.29, 0.717) is 0 Å². The van der Waals surface area contributed by atoms with Crippen LogP contribution in [0.1, 0.15) is 22.3 Å². The third-order valence-electron chi connectivity index (χ3n) is 5.98. The van der Waals surface area contributed by atoms with Crippen molar-refractivity contribution in [3.05, 3.63) is 113 Å². The largest absolute Gasteiger partial charge is 0.244 e. The van der Waals surface area contributed by atoms with E-state index in [0.717, 1.165) is 34.9 Å². The molecule has 0 saturated carbocycles. The zero-order chi connectivity index (χ0) is 19.9. The minimum atomic E-state index is 0.964. The summed E-state index contributed by atoms with van der Waals surface area (Å²) in [6, 6.07) is 29.5. The maximum absolute atomic E-state index is 4.75. The van der Waals surface area contributed by atoms with E-state index < -0.39 is 0 Å². The first-order chi connectivity index (χ1) is 14.9. The van der Waals surface area contributed by atoms with E-state index in [9.17, 15) is 0 Å². The van der Waals surface area contributed by atoms with Crippen LogP contribution in [0.3, 0.4) is 0 Å². The summed E-state index contributed by atoms with van der Waals surface area (Å²) in [7, 11) is 0. The van der Waals surface area contributed by atoms with Crippen molar-refractivity contribution in [2.45, 2.75) is 12.8 Å². The molecule has 142 valence electrons. The Morgan fingerprint density at radius 3 is 1.93 bits per heavy atom. The van der Waals surface area contributed by atoms with E-state index in [4.69, 9.17) is 4.98 Å². The Morgan fingerprint density at radius 2 is 1.20 bits per heavy atom. The fraction of sp³-hybridized carbons (Fsp3) is 0.0714. The SMILES string of the molecule is C1=Cc2ccc3nc4ccccc4nc3c2C1.c1ccc2c(c1)Cc1ccccc1-2. The van der Waals surface area contributed by atoms with Crippen molar-refractivity contribution in [1.29, 1.82) is 0 Å². The van der Waals surface area contributed by atoms with Crippen molar-refractivity contribution < 1.29 is 0 Å². The van der Waals surface area contributed by atoms with Crippen LogP contribution in [-0.4, -0.2) is 9.97 Å². The molecule has 5 aromatic rings. The van der Waals surface area contributed by atoms with Crippen molar-refractivity contribution in [1.82, 2.24) is 9.97 Å². The molecule has 7 rings (SSSR count). The number of hydrogen-bond donors (Lipinski definition) is 0. The summed E-state index contributed by atoms with van der Waals surface area (Å²) < 4.78 is 0. The predicted octanol–water partition coefficient (Wildman–Crippen LogP) is 6.61. The molecule has 0 atom stereocenters. The third kappa shape index (κ3) is 2.81. The van der Waals surface area contributed by atoms with Crippen molar-refractivity contribution in [2.24, 2.45) is 0 Å². The van der Waals surface area contributed by atoms with Gasteiger partial charge in [-0.15, -0.1) is 0 Å². The fourth-order valence-electron chi connectivity index (χ4n) is 4.51. The highest BCUT2D eigenvalue weighted by atomic mass is 14.8. The predicted molar refractivity (Wildman–Crippen MR) is 124 cm³/mol. The number of nitrogens with zero attached hydrogens (tertiary/aromatic N) is 2. The molecule has 4 aromatic carbocycles. The van der Waals surface area contributed by atoms with Crippen LogP contribution in [0.2, 0.25) is 0 Å². The van der Waals surface area contributed by atoms with Gasteiger partial charge in [0.25, 0.3) is 0 Å². The quantitative estimate of drug-likeness (QED) is 0.275. The molecule has 2 aliphatic rings. The van der Waals surface area contributed by atoms with Gasteiger partial charge in [-0.1, -0.05) is 78.9 Å². The molecule has 1 aromatic heterocycles. The number of allylic oxidation sites excluding steroid dienone is 1. The molecule has 0 radical (unpaired) electrons. The summed E-state index contributed by atoms with van der Waals surface area (Å²) in [5.74, 6) is 0. The molecule has 2 aliphatic carbocycles.